The van der Waals surface area contributed by atoms with Gasteiger partial charge in [-0.2, -0.15) is 0 Å². The summed E-state index contributed by atoms with van der Waals surface area (Å²) in [4.78, 5) is 23.7. The number of para-hydroxylation sites is 1. The molecule has 4 aromatic rings. The van der Waals surface area contributed by atoms with Gasteiger partial charge in [0, 0.05) is 83.8 Å². The van der Waals surface area contributed by atoms with Crippen molar-refractivity contribution in [3.63, 3.8) is 0 Å². The molecule has 188 valence electrons. The van der Waals surface area contributed by atoms with Crippen molar-refractivity contribution in [2.24, 2.45) is 0 Å². The van der Waals surface area contributed by atoms with Crippen molar-refractivity contribution in [3.05, 3.63) is 76.4 Å². The topological polar surface area (TPSA) is 89.6 Å². The molecule has 0 spiro atoms. The zero-order chi connectivity index (χ0) is 28.3. The molecular formula is C27H32N6O3. The van der Waals surface area contributed by atoms with Crippen LogP contribution in [0.4, 0.5) is 11.4 Å². The fraction of sp³-hybridized carbons (Fsp3) is 0.333. The predicted molar refractivity (Wildman–Crippen MR) is 143 cm³/mol. The minimum atomic E-state index is -2.24. The molecule has 0 aliphatic carbocycles. The molecule has 0 N–H and O–H groups in total. The Bertz CT molecular complexity index is 1490. The molecule has 9 nitrogen and oxygen atoms in total. The van der Waals surface area contributed by atoms with E-state index in [9.17, 15) is 10.1 Å². The summed E-state index contributed by atoms with van der Waals surface area (Å²) in [5.74, 6) is 0.969. The quantitative estimate of drug-likeness (QED) is 0.236. The third kappa shape index (κ3) is 5.16. The van der Waals surface area contributed by atoms with Gasteiger partial charge in [0.25, 0.3) is 5.69 Å². The summed E-state index contributed by atoms with van der Waals surface area (Å²) in [6.07, 6.45) is 4.01. The van der Waals surface area contributed by atoms with Gasteiger partial charge in [-0.3, -0.25) is 10.1 Å². The molecule has 2 aromatic heterocycles. The minimum absolute atomic E-state index is 0.105. The van der Waals surface area contributed by atoms with Gasteiger partial charge in [0.1, 0.15) is 17.3 Å². The standard InChI is InChI=1S/C27H32N6O3/c1-6-32-18-21(20-9-7-8-10-23(20)32)22-11-12-28-27(29-22)16-19-15-25(33(34)35)24(17-26(19)36-5)31(4)14-13-30(2)3/h7-12,15,17-18H,6,13-14,16H2,1-5H3/i2D3. The van der Waals surface area contributed by atoms with E-state index in [-0.39, 0.29) is 25.2 Å². The molecule has 0 saturated heterocycles. The zero-order valence-corrected chi connectivity index (χ0v) is 20.9. The molecule has 36 heavy (non-hydrogen) atoms. The van der Waals surface area contributed by atoms with E-state index in [2.05, 4.69) is 34.8 Å². The molecule has 0 fully saturated rings. The Kier molecular flexibility index (Phi) is 6.36. The lowest BCUT2D eigenvalue weighted by Gasteiger charge is -2.22. The molecule has 2 aromatic carbocycles. The first kappa shape index (κ1) is 21.3. The van der Waals surface area contributed by atoms with Crippen molar-refractivity contribution in [2.45, 2.75) is 19.9 Å². The Labute approximate surface area is 215 Å². The number of benzene rings is 2. The van der Waals surface area contributed by atoms with Gasteiger partial charge in [-0.15, -0.1) is 0 Å². The second kappa shape index (κ2) is 10.7. The van der Waals surface area contributed by atoms with Crippen LogP contribution in [0, 0.1) is 10.1 Å². The normalized spacial score (nSPS) is 12.9. The number of methoxy groups -OCH3 is 1. The van der Waals surface area contributed by atoms with E-state index in [0.717, 1.165) is 28.7 Å². The largest absolute Gasteiger partial charge is 0.496 e. The van der Waals surface area contributed by atoms with Gasteiger partial charge < -0.3 is 19.1 Å². The second-order valence-electron chi connectivity index (χ2n) is 8.63. The van der Waals surface area contributed by atoms with E-state index in [1.54, 1.807) is 24.2 Å². The molecule has 4 rings (SSSR count). The molecule has 0 atom stereocenters. The molecule has 0 saturated carbocycles. The summed E-state index contributed by atoms with van der Waals surface area (Å²) in [5.41, 5.74) is 3.69. The van der Waals surface area contributed by atoms with E-state index >= 15 is 0 Å². The van der Waals surface area contributed by atoms with Crippen molar-refractivity contribution < 1.29 is 13.8 Å². The van der Waals surface area contributed by atoms with Gasteiger partial charge in [0.2, 0.25) is 0 Å². The number of fused-ring (bicyclic) bond motifs is 1. The molecule has 0 aliphatic heterocycles. The number of aromatic nitrogens is 3. The van der Waals surface area contributed by atoms with Crippen molar-refractivity contribution in [3.8, 4) is 17.0 Å². The van der Waals surface area contributed by atoms with Crippen LogP contribution in [-0.2, 0) is 13.0 Å². The monoisotopic (exact) mass is 491 g/mol. The Morgan fingerprint density at radius 2 is 2.00 bits per heavy atom. The summed E-state index contributed by atoms with van der Waals surface area (Å²) < 4.78 is 30.3. The number of nitro benzene ring substituents is 1. The summed E-state index contributed by atoms with van der Waals surface area (Å²) in [6.45, 7) is 1.15. The highest BCUT2D eigenvalue weighted by Gasteiger charge is 2.22. The van der Waals surface area contributed by atoms with Crippen LogP contribution in [0.1, 0.15) is 22.4 Å². The van der Waals surface area contributed by atoms with E-state index in [0.29, 0.717) is 22.8 Å². The zero-order valence-electron chi connectivity index (χ0n) is 23.9. The van der Waals surface area contributed by atoms with Crippen LogP contribution in [0.2, 0.25) is 0 Å². The van der Waals surface area contributed by atoms with Crippen LogP contribution in [-0.4, -0.2) is 65.6 Å². The first-order chi connectivity index (χ1) is 18.5. The fourth-order valence-corrected chi connectivity index (χ4v) is 4.32. The maximum Gasteiger partial charge on any atom is 0.293 e. The number of likely N-dealkylation sites (N-methyl/N-ethyl adjacent to an activating group) is 2. The lowest BCUT2D eigenvalue weighted by Crippen LogP contribution is -2.29. The molecule has 0 radical (unpaired) electrons. The third-order valence-electron chi connectivity index (χ3n) is 6.22. The highest BCUT2D eigenvalue weighted by molar-refractivity contribution is 5.95. The van der Waals surface area contributed by atoms with Crippen LogP contribution in [0.3, 0.4) is 0 Å². The van der Waals surface area contributed by atoms with Crippen molar-refractivity contribution in [1.29, 1.82) is 0 Å². The number of ether oxygens (including phenoxy) is 1. The lowest BCUT2D eigenvalue weighted by molar-refractivity contribution is -0.384. The first-order valence-electron chi connectivity index (χ1n) is 13.2. The maximum absolute atomic E-state index is 12.0. The number of aryl methyl sites for hydroxylation is 1. The molecular weight excluding hydrogens is 456 g/mol. The van der Waals surface area contributed by atoms with Gasteiger partial charge >= 0.3 is 0 Å². The van der Waals surface area contributed by atoms with Gasteiger partial charge in [-0.25, -0.2) is 9.97 Å². The number of nitro groups is 1. The van der Waals surface area contributed by atoms with Crippen LogP contribution < -0.4 is 9.64 Å². The van der Waals surface area contributed by atoms with E-state index < -0.39 is 11.9 Å². The lowest BCUT2D eigenvalue weighted by atomic mass is 10.1. The summed E-state index contributed by atoms with van der Waals surface area (Å²) in [7, 11) is 4.69. The highest BCUT2D eigenvalue weighted by atomic mass is 16.6. The van der Waals surface area contributed by atoms with E-state index in [1.807, 2.05) is 18.2 Å². The first-order valence-corrected chi connectivity index (χ1v) is 11.7. The van der Waals surface area contributed by atoms with Crippen molar-refractivity contribution in [2.75, 3.05) is 46.2 Å². The van der Waals surface area contributed by atoms with Gasteiger partial charge in [-0.05, 0) is 33.1 Å². The van der Waals surface area contributed by atoms with E-state index in [1.165, 1.54) is 25.1 Å². The number of hydrogen-bond acceptors (Lipinski definition) is 7. The molecule has 0 unspecified atom stereocenters. The maximum atomic E-state index is 12.0. The average Bonchev–Trinajstić information content (AvgIpc) is 3.29. The molecule has 0 aliphatic rings. The van der Waals surface area contributed by atoms with Crippen LogP contribution in [0.15, 0.2) is 54.9 Å². The summed E-state index contributed by atoms with van der Waals surface area (Å²) in [5, 5.41) is 13.1. The molecule has 9 heteroatoms. The minimum Gasteiger partial charge on any atom is -0.496 e. The Morgan fingerprint density at radius 1 is 1.19 bits per heavy atom. The Hall–Kier alpha value is -3.98. The van der Waals surface area contributed by atoms with Crippen LogP contribution in [0.5, 0.6) is 5.75 Å². The molecule has 0 bridgehead atoms. The van der Waals surface area contributed by atoms with Crippen LogP contribution in [0.25, 0.3) is 22.2 Å². The number of hydrogen-bond donors (Lipinski definition) is 0. The molecule has 2 heterocycles. The van der Waals surface area contributed by atoms with Gasteiger partial charge in [-0.1, -0.05) is 18.2 Å². The van der Waals surface area contributed by atoms with Gasteiger partial charge in [0.15, 0.2) is 0 Å². The number of rotatable bonds is 10. The van der Waals surface area contributed by atoms with Crippen LogP contribution >= 0.6 is 0 Å². The third-order valence-corrected chi connectivity index (χ3v) is 6.22. The predicted octanol–water partition coefficient (Wildman–Crippen LogP) is 4.62. The number of nitrogens with zero attached hydrogens (tertiary/aromatic N) is 6. The average molecular weight is 492 g/mol. The Balaban J connectivity index is 1.66. The fourth-order valence-electron chi connectivity index (χ4n) is 4.32. The number of anilines is 1. The second-order valence-corrected chi connectivity index (χ2v) is 8.63. The summed E-state index contributed by atoms with van der Waals surface area (Å²) >= 11 is 0. The van der Waals surface area contributed by atoms with E-state index in [4.69, 9.17) is 13.8 Å². The smallest absolute Gasteiger partial charge is 0.293 e. The summed E-state index contributed by atoms with van der Waals surface area (Å²) in [6, 6.07) is 13.1. The molecule has 0 amide bonds. The SMILES string of the molecule is [2H]C([2H])([2H])N(C)CCN(C)c1cc(OC)c(Cc2nccc(-c3cn(CC)c4ccccc34)n2)cc1[N+](=O)[O-]. The highest BCUT2D eigenvalue weighted by Crippen LogP contribution is 2.36. The van der Waals surface area contributed by atoms with Crippen molar-refractivity contribution >= 4 is 22.3 Å². The Morgan fingerprint density at radius 3 is 2.72 bits per heavy atom. The van der Waals surface area contributed by atoms with Crippen molar-refractivity contribution in [1.82, 2.24) is 19.4 Å². The van der Waals surface area contributed by atoms with Gasteiger partial charge in [0.05, 0.1) is 17.7 Å².